The van der Waals surface area contributed by atoms with E-state index in [1.165, 1.54) is 25.4 Å². The van der Waals surface area contributed by atoms with Crippen molar-refractivity contribution in [2.45, 2.75) is 20.1 Å². The molecule has 0 bridgehead atoms. The molecule has 4 rings (SSSR count). The summed E-state index contributed by atoms with van der Waals surface area (Å²) in [5, 5.41) is 2.82. The van der Waals surface area contributed by atoms with Gasteiger partial charge in [-0.25, -0.2) is 14.0 Å². The molecule has 0 saturated heterocycles. The van der Waals surface area contributed by atoms with Crippen molar-refractivity contribution in [3.05, 3.63) is 82.9 Å². The van der Waals surface area contributed by atoms with Crippen LogP contribution in [0.4, 0.5) is 20.6 Å². The fraction of sp³-hybridized carbons (Fsp3) is 0.174. The van der Waals surface area contributed by atoms with Crippen LogP contribution < -0.4 is 15.0 Å². The van der Waals surface area contributed by atoms with Crippen molar-refractivity contribution in [3.63, 3.8) is 0 Å². The number of amides is 2. The Balaban J connectivity index is 1.56. The third kappa shape index (κ3) is 4.18. The molecule has 0 saturated carbocycles. The van der Waals surface area contributed by atoms with Crippen molar-refractivity contribution in [1.29, 1.82) is 0 Å². The molecule has 8 heteroatoms. The molecule has 2 aromatic carbocycles. The van der Waals surface area contributed by atoms with E-state index in [4.69, 9.17) is 9.47 Å². The molecule has 0 aliphatic carbocycles. The maximum absolute atomic E-state index is 13.8. The molecule has 0 atom stereocenters. The Kier molecular flexibility index (Phi) is 5.53. The Hall–Kier alpha value is -3.94. The lowest BCUT2D eigenvalue weighted by atomic mass is 10.1. The Labute approximate surface area is 178 Å². The fourth-order valence-corrected chi connectivity index (χ4v) is 3.34. The number of carbonyl (C=O) groups is 2. The molecule has 7 nitrogen and oxygen atoms in total. The van der Waals surface area contributed by atoms with E-state index in [9.17, 15) is 14.0 Å². The first-order chi connectivity index (χ1) is 15.0. The summed E-state index contributed by atoms with van der Waals surface area (Å²) in [4.78, 5) is 30.1. The number of hydrogen-bond acceptors (Lipinski definition) is 5. The predicted molar refractivity (Wildman–Crippen MR) is 113 cm³/mol. The zero-order chi connectivity index (χ0) is 22.0. The number of nitrogens with zero attached hydrogens (tertiary/aromatic N) is 2. The van der Waals surface area contributed by atoms with Crippen LogP contribution in [0.5, 0.6) is 5.75 Å². The number of halogens is 1. The van der Waals surface area contributed by atoms with Crippen LogP contribution in [-0.2, 0) is 17.9 Å². The highest BCUT2D eigenvalue weighted by Gasteiger charge is 2.26. The Bertz CT molecular complexity index is 1170. The van der Waals surface area contributed by atoms with Gasteiger partial charge in [-0.2, -0.15) is 0 Å². The Morgan fingerprint density at radius 3 is 2.84 bits per heavy atom. The zero-order valence-corrected chi connectivity index (χ0v) is 17.0. The summed E-state index contributed by atoms with van der Waals surface area (Å²) in [6.45, 7) is 2.18. The average molecular weight is 421 g/mol. The molecule has 1 aromatic heterocycles. The fourth-order valence-electron chi connectivity index (χ4n) is 3.34. The van der Waals surface area contributed by atoms with E-state index in [0.29, 0.717) is 29.2 Å². The lowest BCUT2D eigenvalue weighted by molar-refractivity contribution is 0.0600. The SMILES string of the molecule is COC(=O)c1ccc2c(c1)NC(=O)N(c1cc(OCc3ncccc3F)ccc1C)C2. The molecule has 0 fully saturated rings. The Morgan fingerprint density at radius 2 is 2.06 bits per heavy atom. The molecule has 1 N–H and O–H groups in total. The molecule has 2 amide bonds. The highest BCUT2D eigenvalue weighted by Crippen LogP contribution is 2.32. The first-order valence-electron chi connectivity index (χ1n) is 9.59. The topological polar surface area (TPSA) is 80.8 Å². The van der Waals surface area contributed by atoms with Crippen LogP contribution in [0.25, 0.3) is 0 Å². The minimum absolute atomic E-state index is 0.0273. The summed E-state index contributed by atoms with van der Waals surface area (Å²) in [5.74, 6) is -0.414. The lowest BCUT2D eigenvalue weighted by Gasteiger charge is -2.31. The van der Waals surface area contributed by atoms with E-state index in [2.05, 4.69) is 10.3 Å². The molecule has 3 aromatic rings. The summed E-state index contributed by atoms with van der Waals surface area (Å²) in [6, 6.07) is 12.9. The normalized spacial score (nSPS) is 12.7. The smallest absolute Gasteiger partial charge is 0.337 e. The van der Waals surface area contributed by atoms with Crippen molar-refractivity contribution in [3.8, 4) is 5.75 Å². The van der Waals surface area contributed by atoms with Gasteiger partial charge in [-0.05, 0) is 48.4 Å². The summed E-state index contributed by atoms with van der Waals surface area (Å²) in [7, 11) is 1.31. The van der Waals surface area contributed by atoms with Gasteiger partial charge in [0.25, 0.3) is 0 Å². The second-order valence-corrected chi connectivity index (χ2v) is 7.05. The van der Waals surface area contributed by atoms with Crippen molar-refractivity contribution in [2.24, 2.45) is 0 Å². The number of pyridine rings is 1. The molecule has 0 spiro atoms. The third-order valence-corrected chi connectivity index (χ3v) is 5.03. The van der Waals surface area contributed by atoms with Crippen LogP contribution in [0.15, 0.2) is 54.7 Å². The summed E-state index contributed by atoms with van der Waals surface area (Å²) >= 11 is 0. The highest BCUT2D eigenvalue weighted by molar-refractivity contribution is 6.05. The van der Waals surface area contributed by atoms with E-state index < -0.39 is 11.8 Å². The van der Waals surface area contributed by atoms with Crippen molar-refractivity contribution in [1.82, 2.24) is 4.98 Å². The van der Waals surface area contributed by atoms with Gasteiger partial charge in [0.05, 0.1) is 24.9 Å². The lowest BCUT2D eigenvalue weighted by Crippen LogP contribution is -2.39. The van der Waals surface area contributed by atoms with Crippen molar-refractivity contribution in [2.75, 3.05) is 17.3 Å². The number of carbonyl (C=O) groups excluding carboxylic acids is 2. The van der Waals surface area contributed by atoms with Gasteiger partial charge in [0, 0.05) is 18.0 Å². The van der Waals surface area contributed by atoms with Crippen LogP contribution in [-0.4, -0.2) is 24.1 Å². The van der Waals surface area contributed by atoms with Gasteiger partial charge in [0.2, 0.25) is 0 Å². The molecule has 158 valence electrons. The van der Waals surface area contributed by atoms with E-state index in [1.54, 1.807) is 35.2 Å². The number of nitrogens with one attached hydrogen (secondary N) is 1. The van der Waals surface area contributed by atoms with Gasteiger partial charge < -0.3 is 14.8 Å². The predicted octanol–water partition coefficient (Wildman–Crippen LogP) is 4.45. The second kappa shape index (κ2) is 8.43. The third-order valence-electron chi connectivity index (χ3n) is 5.03. The van der Waals surface area contributed by atoms with Gasteiger partial charge in [0.1, 0.15) is 23.9 Å². The number of rotatable bonds is 5. The van der Waals surface area contributed by atoms with Crippen LogP contribution >= 0.6 is 0 Å². The van der Waals surface area contributed by atoms with Gasteiger partial charge in [0.15, 0.2) is 0 Å². The number of methoxy groups -OCH3 is 1. The number of esters is 1. The van der Waals surface area contributed by atoms with Crippen molar-refractivity contribution >= 4 is 23.4 Å². The zero-order valence-electron chi connectivity index (χ0n) is 17.0. The van der Waals surface area contributed by atoms with E-state index >= 15 is 0 Å². The molecule has 1 aliphatic heterocycles. The van der Waals surface area contributed by atoms with Gasteiger partial charge >= 0.3 is 12.0 Å². The first kappa shape index (κ1) is 20.3. The number of benzene rings is 2. The summed E-state index contributed by atoms with van der Waals surface area (Å²) in [6.07, 6.45) is 1.50. The first-order valence-corrected chi connectivity index (χ1v) is 9.59. The monoisotopic (exact) mass is 421 g/mol. The molecule has 0 unspecified atom stereocenters. The maximum atomic E-state index is 13.8. The van der Waals surface area contributed by atoms with Crippen molar-refractivity contribution < 1.29 is 23.5 Å². The standard InChI is InChI=1S/C23H20FN3O4/c1-14-5-8-17(31-13-20-18(24)4-3-9-25-20)11-21(14)27-12-16-7-6-15(22(28)30-2)10-19(16)26-23(27)29/h3-11H,12-13H2,1-2H3,(H,26,29). The minimum Gasteiger partial charge on any atom is -0.487 e. The summed E-state index contributed by atoms with van der Waals surface area (Å²) < 4.78 is 24.2. The van der Waals surface area contributed by atoms with E-state index in [-0.39, 0.29) is 18.3 Å². The van der Waals surface area contributed by atoms with Gasteiger partial charge in [-0.1, -0.05) is 12.1 Å². The van der Waals surface area contributed by atoms with Crippen LogP contribution in [0.3, 0.4) is 0 Å². The number of hydrogen-bond donors (Lipinski definition) is 1. The molecule has 31 heavy (non-hydrogen) atoms. The number of urea groups is 1. The number of ether oxygens (including phenoxy) is 2. The largest absolute Gasteiger partial charge is 0.487 e. The van der Waals surface area contributed by atoms with Crippen LogP contribution in [0.1, 0.15) is 27.2 Å². The van der Waals surface area contributed by atoms with E-state index in [1.807, 2.05) is 13.0 Å². The van der Waals surface area contributed by atoms with Crippen LogP contribution in [0.2, 0.25) is 0 Å². The molecular formula is C23H20FN3O4. The molecule has 2 heterocycles. The number of fused-ring (bicyclic) bond motifs is 1. The number of anilines is 2. The van der Waals surface area contributed by atoms with Crippen LogP contribution in [0, 0.1) is 12.7 Å². The number of aryl methyl sites for hydroxylation is 1. The highest BCUT2D eigenvalue weighted by atomic mass is 19.1. The minimum atomic E-state index is -0.468. The summed E-state index contributed by atoms with van der Waals surface area (Å²) in [5.41, 5.74) is 3.53. The quantitative estimate of drug-likeness (QED) is 0.616. The van der Waals surface area contributed by atoms with Gasteiger partial charge in [-0.3, -0.25) is 9.88 Å². The molecule has 1 aliphatic rings. The number of aromatic nitrogens is 1. The Morgan fingerprint density at radius 1 is 1.23 bits per heavy atom. The maximum Gasteiger partial charge on any atom is 0.337 e. The van der Waals surface area contributed by atoms with Gasteiger partial charge in [-0.15, -0.1) is 0 Å². The molecule has 0 radical (unpaired) electrons. The second-order valence-electron chi connectivity index (χ2n) is 7.05. The van der Waals surface area contributed by atoms with E-state index in [0.717, 1.165) is 11.1 Å². The molecular weight excluding hydrogens is 401 g/mol. The average Bonchev–Trinajstić information content (AvgIpc) is 2.78.